The first-order valence-electron chi connectivity index (χ1n) is 10.0. The van der Waals surface area contributed by atoms with Crippen LogP contribution >= 0.6 is 11.3 Å². The molecule has 7 heteroatoms. The SMILES string of the molecule is C1CC2CN2C1.CCn1ccc(-c2cnc3c(-c4ccsc4)cnn3c2)cc1=O. The number of hydrogen-bond donors (Lipinski definition) is 0. The third kappa shape index (κ3) is 3.63. The van der Waals surface area contributed by atoms with Gasteiger partial charge < -0.3 is 4.57 Å². The van der Waals surface area contributed by atoms with Crippen molar-refractivity contribution in [2.45, 2.75) is 32.4 Å². The molecule has 0 amide bonds. The van der Waals surface area contributed by atoms with Crippen LogP contribution in [-0.2, 0) is 6.54 Å². The molecule has 2 atom stereocenters. The van der Waals surface area contributed by atoms with Gasteiger partial charge in [-0.3, -0.25) is 9.69 Å². The lowest BCUT2D eigenvalue weighted by molar-refractivity contribution is 0.593. The molecule has 0 N–H and O–H groups in total. The van der Waals surface area contributed by atoms with Gasteiger partial charge in [0.05, 0.1) is 6.20 Å². The standard InChI is InChI=1S/C17H14N4OS.C5H9N/c1-2-20-5-3-12(7-16(20)22)14-8-18-17-15(9-19-21(17)10-14)13-4-6-23-11-13;1-2-5-4-6(5)3-1/h3-11H,2H2,1H3;5H,1-4H2. The summed E-state index contributed by atoms with van der Waals surface area (Å²) in [7, 11) is 0. The molecule has 4 aromatic rings. The normalized spacial score (nSPS) is 19.6. The number of hydrogen-bond acceptors (Lipinski definition) is 5. The van der Waals surface area contributed by atoms with Crippen LogP contribution in [0.25, 0.3) is 27.9 Å². The van der Waals surface area contributed by atoms with Crippen LogP contribution in [0.1, 0.15) is 19.8 Å². The summed E-state index contributed by atoms with van der Waals surface area (Å²) < 4.78 is 3.42. The number of pyridine rings is 1. The van der Waals surface area contributed by atoms with E-state index in [2.05, 4.69) is 26.4 Å². The molecule has 0 bridgehead atoms. The van der Waals surface area contributed by atoms with E-state index in [4.69, 9.17) is 0 Å². The summed E-state index contributed by atoms with van der Waals surface area (Å²) in [6, 6.07) is 6.67. The van der Waals surface area contributed by atoms with Crippen LogP contribution in [0.5, 0.6) is 0 Å². The minimum absolute atomic E-state index is 0.00970. The van der Waals surface area contributed by atoms with Crippen molar-refractivity contribution in [1.82, 2.24) is 24.1 Å². The summed E-state index contributed by atoms with van der Waals surface area (Å²) in [5, 5.41) is 8.51. The van der Waals surface area contributed by atoms with Crippen molar-refractivity contribution in [2.75, 3.05) is 13.1 Å². The second-order valence-electron chi connectivity index (χ2n) is 7.51. The molecule has 148 valence electrons. The van der Waals surface area contributed by atoms with Gasteiger partial charge in [-0.05, 0) is 60.3 Å². The highest BCUT2D eigenvalue weighted by Gasteiger charge is 2.37. The number of piperidine rings is 1. The van der Waals surface area contributed by atoms with E-state index in [0.29, 0.717) is 6.54 Å². The van der Waals surface area contributed by atoms with E-state index in [1.165, 1.54) is 25.9 Å². The van der Waals surface area contributed by atoms with E-state index in [1.807, 2.05) is 37.0 Å². The molecule has 6 nitrogen and oxygen atoms in total. The van der Waals surface area contributed by atoms with Crippen LogP contribution in [-0.4, -0.2) is 43.2 Å². The van der Waals surface area contributed by atoms with Gasteiger partial charge in [-0.2, -0.15) is 16.4 Å². The first-order valence-corrected chi connectivity index (χ1v) is 11.0. The second kappa shape index (κ2) is 7.57. The molecule has 6 rings (SSSR count). The van der Waals surface area contributed by atoms with Crippen LogP contribution < -0.4 is 5.56 Å². The number of nitrogens with zero attached hydrogens (tertiary/aromatic N) is 5. The summed E-state index contributed by atoms with van der Waals surface area (Å²) in [4.78, 5) is 19.1. The Hall–Kier alpha value is -2.77. The maximum absolute atomic E-state index is 12.0. The van der Waals surface area contributed by atoms with E-state index in [0.717, 1.165) is 33.9 Å². The Kier molecular flexibility index (Phi) is 4.77. The van der Waals surface area contributed by atoms with Crippen LogP contribution in [0.2, 0.25) is 0 Å². The highest BCUT2D eigenvalue weighted by Crippen LogP contribution is 2.29. The summed E-state index contributed by atoms with van der Waals surface area (Å²) >= 11 is 1.65. The highest BCUT2D eigenvalue weighted by atomic mass is 32.1. The van der Waals surface area contributed by atoms with Gasteiger partial charge in [0.25, 0.3) is 5.56 Å². The Morgan fingerprint density at radius 1 is 1.21 bits per heavy atom. The van der Waals surface area contributed by atoms with Gasteiger partial charge in [-0.25, -0.2) is 9.50 Å². The van der Waals surface area contributed by atoms with E-state index >= 15 is 0 Å². The van der Waals surface area contributed by atoms with E-state index in [-0.39, 0.29) is 5.56 Å². The quantitative estimate of drug-likeness (QED) is 0.487. The summed E-state index contributed by atoms with van der Waals surface area (Å²) in [6.45, 7) is 5.43. The lowest BCUT2D eigenvalue weighted by Gasteiger charge is -2.05. The Morgan fingerprint density at radius 3 is 2.76 bits per heavy atom. The Balaban J connectivity index is 0.000000255. The summed E-state index contributed by atoms with van der Waals surface area (Å²) in [5.41, 5.74) is 4.66. The summed E-state index contributed by atoms with van der Waals surface area (Å²) in [6.07, 6.45) is 10.3. The highest BCUT2D eigenvalue weighted by molar-refractivity contribution is 7.08. The molecule has 2 fully saturated rings. The van der Waals surface area contributed by atoms with Crippen molar-refractivity contribution in [2.24, 2.45) is 0 Å². The largest absolute Gasteiger partial charge is 0.316 e. The third-order valence-electron chi connectivity index (χ3n) is 5.67. The van der Waals surface area contributed by atoms with Gasteiger partial charge in [0.1, 0.15) is 0 Å². The van der Waals surface area contributed by atoms with Crippen molar-refractivity contribution in [1.29, 1.82) is 0 Å². The van der Waals surface area contributed by atoms with Crippen molar-refractivity contribution in [3.8, 4) is 22.3 Å². The van der Waals surface area contributed by atoms with E-state index in [1.54, 1.807) is 32.7 Å². The molecule has 2 unspecified atom stereocenters. The average Bonchev–Trinajstić information content (AvgIpc) is 3.20. The zero-order valence-electron chi connectivity index (χ0n) is 16.4. The van der Waals surface area contributed by atoms with E-state index in [9.17, 15) is 4.79 Å². The molecule has 0 spiro atoms. The predicted molar refractivity (Wildman–Crippen MR) is 116 cm³/mol. The van der Waals surface area contributed by atoms with E-state index < -0.39 is 0 Å². The number of rotatable bonds is 3. The smallest absolute Gasteiger partial charge is 0.251 e. The number of fused-ring (bicyclic) bond motifs is 2. The van der Waals surface area contributed by atoms with Gasteiger partial charge in [0.15, 0.2) is 5.65 Å². The molecular weight excluding hydrogens is 382 g/mol. The Morgan fingerprint density at radius 2 is 2.14 bits per heavy atom. The fraction of sp³-hybridized carbons (Fsp3) is 0.318. The van der Waals surface area contributed by atoms with Crippen LogP contribution in [0.4, 0.5) is 0 Å². The van der Waals surface area contributed by atoms with Crippen LogP contribution in [0.15, 0.2) is 58.5 Å². The number of aromatic nitrogens is 4. The van der Waals surface area contributed by atoms with Crippen molar-refractivity contribution in [3.63, 3.8) is 0 Å². The van der Waals surface area contributed by atoms with Gasteiger partial charge >= 0.3 is 0 Å². The van der Waals surface area contributed by atoms with Gasteiger partial charge in [0, 0.05) is 54.9 Å². The number of thiophene rings is 1. The molecule has 0 saturated carbocycles. The molecule has 4 aromatic heterocycles. The van der Waals surface area contributed by atoms with Crippen LogP contribution in [0, 0.1) is 0 Å². The lowest BCUT2D eigenvalue weighted by Crippen LogP contribution is -2.17. The maximum Gasteiger partial charge on any atom is 0.251 e. The lowest BCUT2D eigenvalue weighted by atomic mass is 10.1. The fourth-order valence-electron chi connectivity index (χ4n) is 3.90. The third-order valence-corrected chi connectivity index (χ3v) is 6.35. The van der Waals surface area contributed by atoms with Gasteiger partial charge in [-0.15, -0.1) is 0 Å². The van der Waals surface area contributed by atoms with Crippen molar-refractivity contribution < 1.29 is 0 Å². The molecule has 0 aliphatic carbocycles. The Bertz CT molecular complexity index is 1190. The topological polar surface area (TPSA) is 55.2 Å². The van der Waals surface area contributed by atoms with Gasteiger partial charge in [-0.1, -0.05) is 0 Å². The van der Waals surface area contributed by atoms with Crippen molar-refractivity contribution in [3.05, 3.63) is 64.1 Å². The maximum atomic E-state index is 12.0. The molecule has 2 aliphatic heterocycles. The molecule has 2 aliphatic rings. The summed E-state index contributed by atoms with van der Waals surface area (Å²) in [5.74, 6) is 0. The predicted octanol–water partition coefficient (Wildman–Crippen LogP) is 3.77. The molecule has 0 aromatic carbocycles. The molecule has 29 heavy (non-hydrogen) atoms. The fourth-order valence-corrected chi connectivity index (χ4v) is 4.55. The second-order valence-corrected chi connectivity index (χ2v) is 8.29. The minimum atomic E-state index is -0.00970. The first-order chi connectivity index (χ1) is 14.2. The molecule has 2 saturated heterocycles. The van der Waals surface area contributed by atoms with Crippen molar-refractivity contribution >= 4 is 17.0 Å². The molecule has 0 radical (unpaired) electrons. The zero-order chi connectivity index (χ0) is 19.8. The monoisotopic (exact) mass is 405 g/mol. The zero-order valence-corrected chi connectivity index (χ0v) is 17.2. The minimum Gasteiger partial charge on any atom is -0.316 e. The average molecular weight is 406 g/mol. The van der Waals surface area contributed by atoms with Crippen LogP contribution in [0.3, 0.4) is 0 Å². The Labute approximate surface area is 173 Å². The molecular formula is C22H23N5OS. The molecule has 6 heterocycles. The number of aryl methyl sites for hydroxylation is 1. The first kappa shape index (κ1) is 18.3. The van der Waals surface area contributed by atoms with Gasteiger partial charge in [0.2, 0.25) is 0 Å².